The number of esters is 1. The summed E-state index contributed by atoms with van der Waals surface area (Å²) in [6, 6.07) is 2.90. The fraction of sp³-hybridized carbons (Fsp3) is 0.294. The highest BCUT2D eigenvalue weighted by Gasteiger charge is 2.29. The Balaban J connectivity index is 2.04. The van der Waals surface area contributed by atoms with E-state index in [0.29, 0.717) is 15.6 Å². The molecule has 0 bridgehead atoms. The van der Waals surface area contributed by atoms with E-state index in [0.717, 1.165) is 30.0 Å². The van der Waals surface area contributed by atoms with Crippen molar-refractivity contribution in [1.29, 1.82) is 0 Å². The number of thiophene rings is 1. The maximum atomic E-state index is 12.2. The van der Waals surface area contributed by atoms with Crippen LogP contribution in [0.3, 0.4) is 0 Å². The second-order valence-electron chi connectivity index (χ2n) is 5.87. The van der Waals surface area contributed by atoms with E-state index in [1.807, 2.05) is 0 Å². The number of methoxy groups -OCH3 is 1. The molecule has 1 aromatic carbocycles. The van der Waals surface area contributed by atoms with Crippen LogP contribution in [0.15, 0.2) is 17.1 Å². The fourth-order valence-electron chi connectivity index (χ4n) is 2.81. The molecule has 25 heavy (non-hydrogen) atoms. The Morgan fingerprint density at radius 1 is 1.44 bits per heavy atom. The second-order valence-corrected chi connectivity index (χ2v) is 7.80. The number of likely N-dealkylation sites (N-methyl/N-ethyl adjacent to an activating group) is 1. The van der Waals surface area contributed by atoms with Crippen LogP contribution >= 0.6 is 34.5 Å². The molecule has 8 heteroatoms. The van der Waals surface area contributed by atoms with E-state index >= 15 is 0 Å². The molecule has 1 unspecified atom stereocenters. The van der Waals surface area contributed by atoms with Crippen LogP contribution < -0.4 is 10.0 Å². The lowest BCUT2D eigenvalue weighted by Crippen LogP contribution is -3.08. The van der Waals surface area contributed by atoms with Gasteiger partial charge in [0.1, 0.15) is 17.1 Å². The van der Waals surface area contributed by atoms with Crippen molar-refractivity contribution in [1.82, 2.24) is 0 Å². The van der Waals surface area contributed by atoms with Crippen molar-refractivity contribution in [2.75, 3.05) is 20.7 Å². The van der Waals surface area contributed by atoms with Crippen LogP contribution in [0.1, 0.15) is 26.4 Å². The topological polar surface area (TPSA) is 66.2 Å². The predicted octanol–water partition coefficient (Wildman–Crippen LogP) is 2.24. The molecule has 0 aliphatic carbocycles. The highest BCUT2D eigenvalue weighted by atomic mass is 35.5. The lowest BCUT2D eigenvalue weighted by molar-refractivity contribution is -0.895. The zero-order valence-corrected chi connectivity index (χ0v) is 16.0. The van der Waals surface area contributed by atoms with Crippen LogP contribution in [0.4, 0.5) is 5.00 Å². The summed E-state index contributed by atoms with van der Waals surface area (Å²) < 4.78 is 4.93. The highest BCUT2D eigenvalue weighted by Crippen LogP contribution is 2.37. The molecule has 2 heterocycles. The Labute approximate surface area is 159 Å². The normalized spacial score (nSPS) is 16.9. The van der Waals surface area contributed by atoms with Gasteiger partial charge in [0.2, 0.25) is 0 Å². The predicted molar refractivity (Wildman–Crippen MR) is 98.0 cm³/mol. The number of aliphatic imine (C=N–C) groups is 1. The summed E-state index contributed by atoms with van der Waals surface area (Å²) in [4.78, 5) is 19.1. The maximum Gasteiger partial charge on any atom is 0.341 e. The smallest absolute Gasteiger partial charge is 0.341 e. The standard InChI is InChI=1S/C17H16Cl2N2O3S/c1-21-4-3-11-13(8-21)25-16(14(11)17(23)24-2)20-7-9-5-10(18)6-12(19)15(9)22/h5-7,22H,3-4,8H2,1-2H3. The molecule has 5 nitrogen and oxygen atoms in total. The van der Waals surface area contributed by atoms with Crippen LogP contribution in [0.2, 0.25) is 10.0 Å². The van der Waals surface area contributed by atoms with Crippen molar-refractivity contribution in [2.24, 2.45) is 4.99 Å². The molecule has 1 aromatic heterocycles. The quantitative estimate of drug-likeness (QED) is 0.636. The summed E-state index contributed by atoms with van der Waals surface area (Å²) in [5.41, 5.74) is 1.77. The third kappa shape index (κ3) is 3.67. The molecule has 132 valence electrons. The Morgan fingerprint density at radius 2 is 2.20 bits per heavy atom. The fourth-order valence-corrected chi connectivity index (χ4v) is 4.62. The van der Waals surface area contributed by atoms with Gasteiger partial charge in [-0.3, -0.25) is 0 Å². The van der Waals surface area contributed by atoms with E-state index in [-0.39, 0.29) is 16.3 Å². The van der Waals surface area contributed by atoms with Crippen LogP contribution in [-0.4, -0.2) is 32.9 Å². The largest absolute Gasteiger partial charge is 0.871 e. The highest BCUT2D eigenvalue weighted by molar-refractivity contribution is 7.16. The van der Waals surface area contributed by atoms with Crippen molar-refractivity contribution in [3.05, 3.63) is 43.7 Å². The van der Waals surface area contributed by atoms with Crippen LogP contribution in [0, 0.1) is 0 Å². The zero-order valence-electron chi connectivity index (χ0n) is 13.7. The number of carbonyl (C=O) groups is 1. The molecular formula is C17H16Cl2N2O3S. The first kappa shape index (κ1) is 18.2. The van der Waals surface area contributed by atoms with E-state index in [2.05, 4.69) is 12.0 Å². The molecule has 3 rings (SSSR count). The van der Waals surface area contributed by atoms with Gasteiger partial charge in [-0.2, -0.15) is 0 Å². The van der Waals surface area contributed by atoms with Crippen LogP contribution in [0.25, 0.3) is 0 Å². The van der Waals surface area contributed by atoms with Gasteiger partial charge < -0.3 is 14.7 Å². The number of nitrogens with one attached hydrogen (secondary N) is 1. The first-order chi connectivity index (χ1) is 11.9. The van der Waals surface area contributed by atoms with E-state index in [4.69, 9.17) is 27.9 Å². The average molecular weight is 399 g/mol. The first-order valence-corrected chi connectivity index (χ1v) is 9.22. The van der Waals surface area contributed by atoms with Gasteiger partial charge in [0, 0.05) is 22.7 Å². The summed E-state index contributed by atoms with van der Waals surface area (Å²) in [7, 11) is 3.47. The third-order valence-corrected chi connectivity index (χ3v) is 5.72. The number of ether oxygens (including phenoxy) is 1. The van der Waals surface area contributed by atoms with Crippen molar-refractivity contribution in [2.45, 2.75) is 13.0 Å². The molecule has 0 saturated heterocycles. The van der Waals surface area contributed by atoms with Gasteiger partial charge in [-0.1, -0.05) is 29.0 Å². The summed E-state index contributed by atoms with van der Waals surface area (Å²) in [6.07, 6.45) is 2.20. The molecule has 2 aromatic rings. The minimum absolute atomic E-state index is 0.0397. The lowest BCUT2D eigenvalue weighted by Gasteiger charge is -2.19. The van der Waals surface area contributed by atoms with Crippen molar-refractivity contribution < 1.29 is 19.5 Å². The number of rotatable bonds is 3. The van der Waals surface area contributed by atoms with Gasteiger partial charge in [-0.15, -0.1) is 11.3 Å². The minimum Gasteiger partial charge on any atom is -0.871 e. The molecule has 0 fully saturated rings. The number of hydrogen-bond acceptors (Lipinski definition) is 5. The lowest BCUT2D eigenvalue weighted by atomic mass is 10.0. The molecule has 1 aliphatic rings. The molecule has 0 saturated carbocycles. The number of carbonyl (C=O) groups excluding carboxylic acids is 1. The summed E-state index contributed by atoms with van der Waals surface area (Å²) in [6.45, 7) is 1.79. The molecule has 1 N–H and O–H groups in total. The average Bonchev–Trinajstić information content (AvgIpc) is 2.93. The zero-order chi connectivity index (χ0) is 18.1. The molecular weight excluding hydrogens is 383 g/mol. The number of halogens is 2. The number of quaternary nitrogens is 1. The Bertz CT molecular complexity index is 864. The third-order valence-electron chi connectivity index (χ3n) is 4.08. The van der Waals surface area contributed by atoms with Gasteiger partial charge >= 0.3 is 5.97 Å². The van der Waals surface area contributed by atoms with Crippen LogP contribution in [-0.2, 0) is 17.7 Å². The molecule has 1 atom stereocenters. The Morgan fingerprint density at radius 3 is 2.92 bits per heavy atom. The van der Waals surface area contributed by atoms with E-state index < -0.39 is 5.97 Å². The maximum absolute atomic E-state index is 12.2. The number of benzene rings is 1. The SMILES string of the molecule is COC(=O)c1c(N=Cc2cc(Cl)cc(Cl)c2[O-])sc2c1CC[NH+](C)C2. The van der Waals surface area contributed by atoms with Gasteiger partial charge in [-0.05, 0) is 23.3 Å². The van der Waals surface area contributed by atoms with Crippen molar-refractivity contribution >= 4 is 51.7 Å². The van der Waals surface area contributed by atoms with Crippen molar-refractivity contribution in [3.8, 4) is 5.75 Å². The van der Waals surface area contributed by atoms with Gasteiger partial charge in [0.25, 0.3) is 0 Å². The molecule has 0 amide bonds. The van der Waals surface area contributed by atoms with E-state index in [1.54, 1.807) is 0 Å². The number of nitrogens with zero attached hydrogens (tertiary/aromatic N) is 1. The number of fused-ring (bicyclic) bond motifs is 1. The van der Waals surface area contributed by atoms with E-state index in [1.165, 1.54) is 41.7 Å². The minimum atomic E-state index is -0.407. The summed E-state index contributed by atoms with van der Waals surface area (Å²) in [5, 5.41) is 13.0. The molecule has 0 radical (unpaired) electrons. The second kappa shape index (κ2) is 7.33. The van der Waals surface area contributed by atoms with Gasteiger partial charge in [0.05, 0.1) is 25.6 Å². The molecule has 1 aliphatic heterocycles. The first-order valence-electron chi connectivity index (χ1n) is 7.65. The van der Waals surface area contributed by atoms with Gasteiger partial charge in [-0.25, -0.2) is 9.79 Å². The Kier molecular flexibility index (Phi) is 5.34. The molecule has 0 spiro atoms. The Hall–Kier alpha value is -1.60. The van der Waals surface area contributed by atoms with Crippen molar-refractivity contribution in [3.63, 3.8) is 0 Å². The van der Waals surface area contributed by atoms with Gasteiger partial charge in [0.15, 0.2) is 0 Å². The van der Waals surface area contributed by atoms with Crippen LogP contribution in [0.5, 0.6) is 5.75 Å². The summed E-state index contributed by atoms with van der Waals surface area (Å²) >= 11 is 13.3. The van der Waals surface area contributed by atoms with E-state index in [9.17, 15) is 9.90 Å². The monoisotopic (exact) mass is 398 g/mol. The number of hydrogen-bond donors (Lipinski definition) is 1. The summed E-state index contributed by atoms with van der Waals surface area (Å²) in [5.74, 6) is -0.754.